The third-order valence-corrected chi connectivity index (χ3v) is 19.0. The second-order valence-electron chi connectivity index (χ2n) is 27.1. The molecule has 0 aromatic rings. The number of allylic oxidation sites excluding steroid dienone is 1. The summed E-state index contributed by atoms with van der Waals surface area (Å²) in [7, 11) is 0. The summed E-state index contributed by atoms with van der Waals surface area (Å²) in [6.45, 7) is 2.87. The van der Waals surface area contributed by atoms with E-state index < -0.39 is 86.8 Å². The van der Waals surface area contributed by atoms with Crippen LogP contribution in [0.15, 0.2) is 12.2 Å². The lowest BCUT2D eigenvalue weighted by Gasteiger charge is -2.46. The molecular formula is C74H143NO13. The van der Waals surface area contributed by atoms with E-state index in [4.69, 9.17) is 18.9 Å². The number of unbranched alkanes of at least 4 members (excludes halogenated alkanes) is 51. The molecule has 0 bridgehead atoms. The minimum atomic E-state index is -1.79. The number of aliphatic hydroxyl groups excluding tert-OH is 8. The zero-order valence-electron chi connectivity index (χ0n) is 57.0. The number of amides is 1. The highest BCUT2D eigenvalue weighted by Crippen LogP contribution is 2.30. The van der Waals surface area contributed by atoms with Gasteiger partial charge in [0, 0.05) is 6.42 Å². The SMILES string of the molecule is CCCCCCCCCCCCCCCCCCCCCCCCCCCCCCCCC/C=C/C(O)C(COC1OC(CO)C(OC2OC(CO)C(O)C(O)C2O)C(O)C1O)NC(=O)CCCCCCCCCCCCCCCCCCCCCCC. The van der Waals surface area contributed by atoms with Crippen molar-refractivity contribution in [3.8, 4) is 0 Å². The average Bonchev–Trinajstić information content (AvgIpc) is 2.02. The van der Waals surface area contributed by atoms with E-state index in [9.17, 15) is 45.6 Å². The first-order valence-electron chi connectivity index (χ1n) is 37.9. The molecule has 2 aliphatic heterocycles. The predicted octanol–water partition coefficient (Wildman–Crippen LogP) is 16.1. The second-order valence-corrected chi connectivity index (χ2v) is 27.1. The number of hydrogen-bond donors (Lipinski definition) is 9. The van der Waals surface area contributed by atoms with Crippen molar-refractivity contribution >= 4 is 5.91 Å². The van der Waals surface area contributed by atoms with E-state index in [0.717, 1.165) is 38.5 Å². The van der Waals surface area contributed by atoms with Gasteiger partial charge in [0.1, 0.15) is 48.8 Å². The molecule has 2 rings (SSSR count). The largest absolute Gasteiger partial charge is 0.394 e. The van der Waals surface area contributed by atoms with Crippen LogP contribution in [0.4, 0.5) is 0 Å². The van der Waals surface area contributed by atoms with Gasteiger partial charge in [0.2, 0.25) is 5.91 Å². The third-order valence-electron chi connectivity index (χ3n) is 19.0. The molecule has 1 amide bonds. The van der Waals surface area contributed by atoms with E-state index in [0.29, 0.717) is 6.42 Å². The molecule has 0 aromatic heterocycles. The highest BCUT2D eigenvalue weighted by atomic mass is 16.7. The third kappa shape index (κ3) is 42.9. The zero-order chi connectivity index (χ0) is 63.8. The van der Waals surface area contributed by atoms with Crippen molar-refractivity contribution in [3.05, 3.63) is 12.2 Å². The fourth-order valence-electron chi connectivity index (χ4n) is 12.9. The van der Waals surface area contributed by atoms with Crippen molar-refractivity contribution in [2.24, 2.45) is 0 Å². The Balaban J connectivity index is 1.63. The van der Waals surface area contributed by atoms with Crippen LogP contribution in [0, 0.1) is 0 Å². The van der Waals surface area contributed by atoms with Crippen molar-refractivity contribution in [1.82, 2.24) is 5.32 Å². The number of nitrogens with one attached hydrogen (secondary N) is 1. The van der Waals surface area contributed by atoms with Crippen LogP contribution in [0.3, 0.4) is 0 Å². The lowest BCUT2D eigenvalue weighted by molar-refractivity contribution is -0.359. The molecule has 14 nitrogen and oxygen atoms in total. The first-order valence-corrected chi connectivity index (χ1v) is 37.9. The molecule has 14 heteroatoms. The summed E-state index contributed by atoms with van der Waals surface area (Å²) in [5.41, 5.74) is 0. The van der Waals surface area contributed by atoms with Gasteiger partial charge in [-0.25, -0.2) is 0 Å². The Morgan fingerprint density at radius 2 is 0.705 bits per heavy atom. The van der Waals surface area contributed by atoms with Crippen LogP contribution in [-0.2, 0) is 23.7 Å². The van der Waals surface area contributed by atoms with E-state index in [2.05, 4.69) is 19.2 Å². The van der Waals surface area contributed by atoms with Gasteiger partial charge in [-0.05, 0) is 19.3 Å². The fraction of sp³-hybridized carbons (Fsp3) is 0.959. The Labute approximate surface area is 539 Å². The molecule has 522 valence electrons. The molecule has 9 N–H and O–H groups in total. The Morgan fingerprint density at radius 1 is 0.398 bits per heavy atom. The van der Waals surface area contributed by atoms with E-state index >= 15 is 0 Å². The predicted molar refractivity (Wildman–Crippen MR) is 360 cm³/mol. The summed E-state index contributed by atoms with van der Waals surface area (Å²) >= 11 is 0. The van der Waals surface area contributed by atoms with Crippen LogP contribution in [0.1, 0.15) is 361 Å². The molecule has 88 heavy (non-hydrogen) atoms. The van der Waals surface area contributed by atoms with Crippen molar-refractivity contribution in [3.63, 3.8) is 0 Å². The summed E-state index contributed by atoms with van der Waals surface area (Å²) in [6, 6.07) is -0.911. The van der Waals surface area contributed by atoms with Crippen LogP contribution in [0.2, 0.25) is 0 Å². The smallest absolute Gasteiger partial charge is 0.220 e. The maximum atomic E-state index is 13.3. The summed E-state index contributed by atoms with van der Waals surface area (Å²) in [5, 5.41) is 87.5. The highest BCUT2D eigenvalue weighted by Gasteiger charge is 2.51. The Kier molecular flexibility index (Phi) is 56.0. The molecule has 0 saturated carbocycles. The molecule has 0 aliphatic carbocycles. The van der Waals surface area contributed by atoms with Crippen molar-refractivity contribution in [1.29, 1.82) is 0 Å². The quantitative estimate of drug-likeness (QED) is 0.0204. The lowest BCUT2D eigenvalue weighted by Crippen LogP contribution is -2.65. The van der Waals surface area contributed by atoms with Gasteiger partial charge >= 0.3 is 0 Å². The van der Waals surface area contributed by atoms with Crippen LogP contribution >= 0.6 is 0 Å². The van der Waals surface area contributed by atoms with Gasteiger partial charge in [-0.3, -0.25) is 4.79 Å². The summed E-state index contributed by atoms with van der Waals surface area (Å²) in [4.78, 5) is 13.3. The number of aliphatic hydroxyl groups is 8. The van der Waals surface area contributed by atoms with E-state index in [1.807, 2.05) is 6.08 Å². The highest BCUT2D eigenvalue weighted by molar-refractivity contribution is 5.76. The number of ether oxygens (including phenoxy) is 4. The summed E-state index contributed by atoms with van der Waals surface area (Å²) < 4.78 is 22.9. The van der Waals surface area contributed by atoms with E-state index in [1.54, 1.807) is 6.08 Å². The van der Waals surface area contributed by atoms with Crippen LogP contribution < -0.4 is 5.32 Å². The monoisotopic (exact) mass is 1250 g/mol. The molecule has 2 aliphatic rings. The molecule has 0 aromatic carbocycles. The average molecular weight is 1250 g/mol. The van der Waals surface area contributed by atoms with Gasteiger partial charge in [-0.1, -0.05) is 347 Å². The standard InChI is InChI=1S/C74H143NO13/c1-3-5-7-9-11-13-15-17-19-21-23-25-26-27-28-29-30-31-32-33-34-35-36-38-39-41-43-45-47-49-51-53-55-57-63(78)62(61-85-73-71(84)69(82)72(65(60-77)87-73)88-74-70(83)68(81)67(80)64(59-76)86-74)75-66(79)58-56-54-52-50-48-46-44-42-40-37-24-22-20-18-16-14-12-10-8-6-4-2/h55,57,62-65,67-74,76-78,80-84H,3-54,56,58-61H2,1-2H3,(H,75,79)/b57-55+. The van der Waals surface area contributed by atoms with Gasteiger partial charge in [-0.2, -0.15) is 0 Å². The van der Waals surface area contributed by atoms with Crippen molar-refractivity contribution in [2.75, 3.05) is 19.8 Å². The first kappa shape index (κ1) is 82.8. The molecule has 0 spiro atoms. The van der Waals surface area contributed by atoms with Gasteiger partial charge in [0.25, 0.3) is 0 Å². The molecule has 12 atom stereocenters. The van der Waals surface area contributed by atoms with Crippen LogP contribution in [0.25, 0.3) is 0 Å². The van der Waals surface area contributed by atoms with Gasteiger partial charge in [0.15, 0.2) is 12.6 Å². The minimum Gasteiger partial charge on any atom is -0.394 e. The Morgan fingerprint density at radius 3 is 1.05 bits per heavy atom. The zero-order valence-corrected chi connectivity index (χ0v) is 57.0. The number of carbonyl (C=O) groups is 1. The fourth-order valence-corrected chi connectivity index (χ4v) is 12.9. The molecular weight excluding hydrogens is 1110 g/mol. The van der Waals surface area contributed by atoms with Crippen LogP contribution in [0.5, 0.6) is 0 Å². The molecule has 2 fully saturated rings. The first-order chi connectivity index (χ1) is 43.1. The van der Waals surface area contributed by atoms with Crippen molar-refractivity contribution in [2.45, 2.75) is 434 Å². The minimum absolute atomic E-state index is 0.230. The van der Waals surface area contributed by atoms with E-state index in [1.165, 1.54) is 295 Å². The number of carbonyl (C=O) groups excluding carboxylic acids is 1. The molecule has 2 heterocycles. The van der Waals surface area contributed by atoms with Crippen molar-refractivity contribution < 1.29 is 64.6 Å². The Hall–Kier alpha value is -1.27. The number of rotatable bonds is 64. The van der Waals surface area contributed by atoms with Gasteiger partial charge < -0.3 is 65.1 Å². The Bertz CT molecular complexity index is 1520. The number of hydrogen-bond acceptors (Lipinski definition) is 13. The lowest BCUT2D eigenvalue weighted by atomic mass is 9.97. The second kappa shape index (κ2) is 59.5. The maximum absolute atomic E-state index is 13.3. The van der Waals surface area contributed by atoms with Gasteiger partial charge in [-0.15, -0.1) is 0 Å². The maximum Gasteiger partial charge on any atom is 0.220 e. The summed E-state index contributed by atoms with van der Waals surface area (Å²) in [6.07, 6.45) is 57.2. The topological polar surface area (TPSA) is 228 Å². The normalized spacial score (nSPS) is 23.1. The molecule has 2 saturated heterocycles. The molecule has 0 radical (unpaired) electrons. The van der Waals surface area contributed by atoms with Gasteiger partial charge in [0.05, 0.1) is 32.0 Å². The van der Waals surface area contributed by atoms with Crippen LogP contribution in [-0.4, -0.2) is 140 Å². The van der Waals surface area contributed by atoms with E-state index in [-0.39, 0.29) is 18.9 Å². The summed E-state index contributed by atoms with van der Waals surface area (Å²) in [5.74, 6) is -0.230. The molecule has 12 unspecified atom stereocenters.